The number of rotatable bonds is 4. The Morgan fingerprint density at radius 2 is 2.16 bits per heavy atom. The van der Waals surface area contributed by atoms with Gasteiger partial charge in [0, 0.05) is 26.0 Å². The van der Waals surface area contributed by atoms with E-state index < -0.39 is 0 Å². The average Bonchev–Trinajstić information content (AvgIpc) is 2.68. The average molecular weight is 282 g/mol. The summed E-state index contributed by atoms with van der Waals surface area (Å²) in [5, 5.41) is 6.62. The summed E-state index contributed by atoms with van der Waals surface area (Å²) >= 11 is 1.69. The third kappa shape index (κ3) is 6.05. The summed E-state index contributed by atoms with van der Waals surface area (Å²) in [6.45, 7) is 10.5. The van der Waals surface area contributed by atoms with Gasteiger partial charge in [0.2, 0.25) is 0 Å². The second-order valence-corrected chi connectivity index (χ2v) is 7.06. The van der Waals surface area contributed by atoms with E-state index >= 15 is 0 Å². The highest BCUT2D eigenvalue weighted by atomic mass is 32.1. The molecule has 0 spiro atoms. The molecule has 1 heterocycles. The fourth-order valence-corrected chi connectivity index (χ4v) is 2.34. The van der Waals surface area contributed by atoms with Crippen molar-refractivity contribution in [2.24, 2.45) is 10.4 Å². The van der Waals surface area contributed by atoms with Gasteiger partial charge in [-0.25, -0.2) is 4.98 Å². The predicted molar refractivity (Wildman–Crippen MR) is 83.8 cm³/mol. The molecular weight excluding hydrogens is 256 g/mol. The third-order valence-corrected chi connectivity index (χ3v) is 3.62. The van der Waals surface area contributed by atoms with Crippen LogP contribution in [-0.2, 0) is 6.54 Å². The van der Waals surface area contributed by atoms with Gasteiger partial charge in [-0.2, -0.15) is 0 Å². The Labute approximate surface area is 121 Å². The zero-order valence-electron chi connectivity index (χ0n) is 12.9. The maximum Gasteiger partial charge on any atom is 0.193 e. The van der Waals surface area contributed by atoms with Crippen molar-refractivity contribution in [2.45, 2.75) is 40.7 Å². The van der Waals surface area contributed by atoms with Crippen LogP contribution in [0.4, 0.5) is 0 Å². The van der Waals surface area contributed by atoms with E-state index in [2.05, 4.69) is 46.3 Å². The smallest absolute Gasteiger partial charge is 0.193 e. The van der Waals surface area contributed by atoms with Gasteiger partial charge in [0.15, 0.2) is 5.96 Å². The second-order valence-electron chi connectivity index (χ2n) is 6.00. The molecule has 19 heavy (non-hydrogen) atoms. The van der Waals surface area contributed by atoms with Crippen LogP contribution in [0.15, 0.2) is 10.4 Å². The van der Waals surface area contributed by atoms with Crippen LogP contribution in [0.25, 0.3) is 0 Å². The van der Waals surface area contributed by atoms with Gasteiger partial charge in [0.1, 0.15) is 0 Å². The maximum atomic E-state index is 4.48. The lowest BCUT2D eigenvalue weighted by Gasteiger charge is -2.23. The zero-order valence-corrected chi connectivity index (χ0v) is 13.8. The van der Waals surface area contributed by atoms with Crippen LogP contribution in [0.2, 0.25) is 0 Å². The monoisotopic (exact) mass is 282 g/mol. The normalized spacial score (nSPS) is 12.6. The zero-order chi connectivity index (χ0) is 14.5. The highest BCUT2D eigenvalue weighted by Crippen LogP contribution is 2.17. The van der Waals surface area contributed by atoms with Gasteiger partial charge in [-0.05, 0) is 18.8 Å². The Balaban J connectivity index is 2.46. The van der Waals surface area contributed by atoms with Crippen molar-refractivity contribution in [1.29, 1.82) is 0 Å². The first-order chi connectivity index (χ1) is 8.81. The molecule has 0 aliphatic heterocycles. The molecular formula is C14H26N4S. The van der Waals surface area contributed by atoms with E-state index in [4.69, 9.17) is 0 Å². The molecule has 1 aromatic heterocycles. The molecule has 1 aromatic rings. The van der Waals surface area contributed by atoms with E-state index in [0.29, 0.717) is 5.41 Å². The van der Waals surface area contributed by atoms with Crippen LogP contribution in [0, 0.1) is 12.3 Å². The number of aromatic nitrogens is 1. The molecule has 0 saturated carbocycles. The first-order valence-corrected chi connectivity index (χ1v) is 7.52. The fourth-order valence-electron chi connectivity index (χ4n) is 1.73. The molecule has 0 aromatic carbocycles. The van der Waals surface area contributed by atoms with Crippen molar-refractivity contribution in [3.63, 3.8) is 0 Å². The quantitative estimate of drug-likeness (QED) is 0.682. The molecule has 5 heteroatoms. The Hall–Kier alpha value is -1.10. The Morgan fingerprint density at radius 1 is 1.47 bits per heavy atom. The summed E-state index contributed by atoms with van der Waals surface area (Å²) in [4.78, 5) is 10.9. The minimum absolute atomic E-state index is 0.344. The fraction of sp³-hybridized carbons (Fsp3) is 0.714. The number of aryl methyl sites for hydroxylation is 1. The summed E-state index contributed by atoms with van der Waals surface area (Å²) in [5.41, 5.74) is 1.44. The lowest BCUT2D eigenvalue weighted by molar-refractivity contribution is 0.371. The van der Waals surface area contributed by atoms with Gasteiger partial charge >= 0.3 is 0 Å². The van der Waals surface area contributed by atoms with Crippen molar-refractivity contribution in [3.05, 3.63) is 16.1 Å². The maximum absolute atomic E-state index is 4.48. The second kappa shape index (κ2) is 6.89. The number of thiazole rings is 1. The van der Waals surface area contributed by atoms with Crippen molar-refractivity contribution >= 4 is 17.3 Å². The molecule has 0 radical (unpaired) electrons. The molecule has 0 amide bonds. The molecule has 4 nitrogen and oxygen atoms in total. The largest absolute Gasteiger partial charge is 0.356 e. The van der Waals surface area contributed by atoms with E-state index in [-0.39, 0.29) is 0 Å². The number of aliphatic imine (C=N–C) groups is 1. The predicted octanol–water partition coefficient (Wildman–Crippen LogP) is 2.89. The molecule has 1 rings (SSSR count). The molecule has 0 atom stereocenters. The Morgan fingerprint density at radius 3 is 2.63 bits per heavy atom. The molecule has 0 aliphatic carbocycles. The van der Waals surface area contributed by atoms with Gasteiger partial charge in [0.25, 0.3) is 0 Å². The summed E-state index contributed by atoms with van der Waals surface area (Å²) in [5.74, 6) is 0.926. The molecule has 0 bridgehead atoms. The van der Waals surface area contributed by atoms with E-state index in [0.717, 1.165) is 36.2 Å². The third-order valence-electron chi connectivity index (χ3n) is 2.80. The highest BCUT2D eigenvalue weighted by molar-refractivity contribution is 7.09. The molecule has 1 N–H and O–H groups in total. The molecule has 0 fully saturated rings. The number of hydrogen-bond donors (Lipinski definition) is 1. The van der Waals surface area contributed by atoms with Crippen LogP contribution in [-0.4, -0.2) is 36.5 Å². The van der Waals surface area contributed by atoms with Gasteiger partial charge in [-0.1, -0.05) is 20.8 Å². The summed E-state index contributed by atoms with van der Waals surface area (Å²) in [6.07, 6.45) is 1.12. The lowest BCUT2D eigenvalue weighted by Crippen LogP contribution is -2.39. The lowest BCUT2D eigenvalue weighted by atomic mass is 9.92. The molecule has 0 saturated heterocycles. The standard InChI is InChI=1S/C14H26N4S/c1-11-17-12(10-19-11)9-18(6)13(15-5)16-8-7-14(2,3)4/h10H,7-9H2,1-6H3,(H,15,16). The van der Waals surface area contributed by atoms with Crippen molar-refractivity contribution in [2.75, 3.05) is 20.6 Å². The van der Waals surface area contributed by atoms with Crippen LogP contribution >= 0.6 is 11.3 Å². The molecule has 0 aliphatic rings. The summed E-state index contributed by atoms with van der Waals surface area (Å²) < 4.78 is 0. The van der Waals surface area contributed by atoms with E-state index in [1.165, 1.54) is 0 Å². The van der Waals surface area contributed by atoms with E-state index in [1.807, 2.05) is 21.0 Å². The van der Waals surface area contributed by atoms with Crippen LogP contribution in [0.5, 0.6) is 0 Å². The number of nitrogens with zero attached hydrogens (tertiary/aromatic N) is 3. The SMILES string of the molecule is CN=C(NCCC(C)(C)C)N(C)Cc1csc(C)n1. The number of guanidine groups is 1. The van der Waals surface area contributed by atoms with Gasteiger partial charge in [0.05, 0.1) is 17.2 Å². The van der Waals surface area contributed by atoms with E-state index in [9.17, 15) is 0 Å². The number of nitrogens with one attached hydrogen (secondary N) is 1. The number of hydrogen-bond acceptors (Lipinski definition) is 3. The van der Waals surface area contributed by atoms with E-state index in [1.54, 1.807) is 11.3 Å². The van der Waals surface area contributed by atoms with Gasteiger partial charge in [-0.15, -0.1) is 11.3 Å². The van der Waals surface area contributed by atoms with Gasteiger partial charge in [-0.3, -0.25) is 4.99 Å². The Bertz CT molecular complexity index is 417. The van der Waals surface area contributed by atoms with Gasteiger partial charge < -0.3 is 10.2 Å². The van der Waals surface area contributed by atoms with Crippen LogP contribution in [0.1, 0.15) is 37.9 Å². The van der Waals surface area contributed by atoms with Crippen molar-refractivity contribution in [1.82, 2.24) is 15.2 Å². The summed E-state index contributed by atoms with van der Waals surface area (Å²) in [6, 6.07) is 0. The van der Waals surface area contributed by atoms with Crippen molar-refractivity contribution in [3.8, 4) is 0 Å². The van der Waals surface area contributed by atoms with Crippen LogP contribution in [0.3, 0.4) is 0 Å². The minimum atomic E-state index is 0.344. The van der Waals surface area contributed by atoms with Crippen LogP contribution < -0.4 is 5.32 Å². The first-order valence-electron chi connectivity index (χ1n) is 6.64. The Kier molecular flexibility index (Phi) is 5.79. The van der Waals surface area contributed by atoms with Crippen molar-refractivity contribution < 1.29 is 0 Å². The molecule has 0 unspecified atom stereocenters. The highest BCUT2D eigenvalue weighted by Gasteiger charge is 2.12. The minimum Gasteiger partial charge on any atom is -0.356 e. The molecule has 108 valence electrons. The first kappa shape index (κ1) is 16.0. The summed E-state index contributed by atoms with van der Waals surface area (Å²) in [7, 11) is 3.86. The topological polar surface area (TPSA) is 40.5 Å².